The molecular weight excluding hydrogens is 172 g/mol. The normalized spacial score (nSPS) is 25.0. The molecule has 1 aliphatic heterocycles. The Morgan fingerprint density at radius 2 is 2.29 bits per heavy atom. The third-order valence-electron chi connectivity index (χ3n) is 2.95. The molecule has 1 atom stereocenters. The van der Waals surface area contributed by atoms with Crippen LogP contribution in [-0.4, -0.2) is 5.60 Å². The van der Waals surface area contributed by atoms with E-state index in [1.165, 1.54) is 11.1 Å². The molecule has 1 nitrogen and oxygen atoms in total. The Balaban J connectivity index is 2.43. The van der Waals surface area contributed by atoms with E-state index < -0.39 is 0 Å². The Kier molecular flexibility index (Phi) is 2.10. The van der Waals surface area contributed by atoms with Gasteiger partial charge in [-0.25, -0.2) is 0 Å². The van der Waals surface area contributed by atoms with E-state index in [9.17, 15) is 0 Å². The van der Waals surface area contributed by atoms with Gasteiger partial charge in [0.2, 0.25) is 0 Å². The van der Waals surface area contributed by atoms with Crippen LogP contribution in [0.3, 0.4) is 0 Å². The molecule has 0 saturated carbocycles. The minimum atomic E-state index is -0.181. The zero-order chi connectivity index (χ0) is 10.2. The largest absolute Gasteiger partial charge is 0.483 e. The fourth-order valence-electron chi connectivity index (χ4n) is 1.87. The molecule has 74 valence electrons. The summed E-state index contributed by atoms with van der Waals surface area (Å²) >= 11 is 0. The highest BCUT2D eigenvalue weighted by Gasteiger charge is 2.28. The van der Waals surface area contributed by atoms with Crippen molar-refractivity contribution >= 4 is 0 Å². The van der Waals surface area contributed by atoms with E-state index in [2.05, 4.69) is 38.6 Å². The van der Waals surface area contributed by atoms with E-state index in [1.807, 2.05) is 6.08 Å². The Bertz CT molecular complexity index is 367. The maximum Gasteiger partial charge on any atom is 0.126 e. The molecule has 1 heteroatoms. The molecule has 0 spiro atoms. The number of hydrogen-bond donors (Lipinski definition) is 0. The van der Waals surface area contributed by atoms with E-state index >= 15 is 0 Å². The number of para-hydroxylation sites is 1. The number of hydrogen-bond acceptors (Lipinski definition) is 1. The predicted molar refractivity (Wildman–Crippen MR) is 58.7 cm³/mol. The molecule has 2 rings (SSSR count). The fourth-order valence-corrected chi connectivity index (χ4v) is 1.87. The van der Waals surface area contributed by atoms with Gasteiger partial charge in [0.1, 0.15) is 11.4 Å². The van der Waals surface area contributed by atoms with Crippen LogP contribution in [0.25, 0.3) is 0 Å². The van der Waals surface area contributed by atoms with E-state index in [4.69, 9.17) is 4.74 Å². The van der Waals surface area contributed by atoms with Gasteiger partial charge in [0.15, 0.2) is 0 Å². The maximum absolute atomic E-state index is 5.98. The highest BCUT2D eigenvalue weighted by molar-refractivity contribution is 5.43. The van der Waals surface area contributed by atoms with Gasteiger partial charge in [0.25, 0.3) is 0 Å². The second-order valence-corrected chi connectivity index (χ2v) is 4.18. The average molecular weight is 188 g/mol. The highest BCUT2D eigenvalue weighted by atomic mass is 16.5. The molecule has 0 amide bonds. The first kappa shape index (κ1) is 9.32. The van der Waals surface area contributed by atoms with Crippen LogP contribution < -0.4 is 4.74 Å². The summed E-state index contributed by atoms with van der Waals surface area (Å²) in [4.78, 5) is 0. The predicted octanol–water partition coefficient (Wildman–Crippen LogP) is 3.26. The minimum absolute atomic E-state index is 0.181. The van der Waals surface area contributed by atoms with Crippen molar-refractivity contribution in [2.45, 2.75) is 32.3 Å². The molecule has 0 radical (unpaired) electrons. The Morgan fingerprint density at radius 1 is 1.50 bits per heavy atom. The van der Waals surface area contributed by atoms with Crippen molar-refractivity contribution < 1.29 is 4.74 Å². The summed E-state index contributed by atoms with van der Waals surface area (Å²) in [5.74, 6) is 1.06. The van der Waals surface area contributed by atoms with Crippen LogP contribution in [0, 0.1) is 6.92 Å². The lowest BCUT2D eigenvalue weighted by Gasteiger charge is -2.34. The fraction of sp³-hybridized carbons (Fsp3) is 0.385. The van der Waals surface area contributed by atoms with Crippen LogP contribution in [-0.2, 0) is 6.42 Å². The van der Waals surface area contributed by atoms with Gasteiger partial charge in [-0.1, -0.05) is 24.8 Å². The van der Waals surface area contributed by atoms with E-state index in [-0.39, 0.29) is 5.60 Å². The molecule has 0 aromatic heterocycles. The molecule has 1 aromatic rings. The third-order valence-corrected chi connectivity index (χ3v) is 2.95. The van der Waals surface area contributed by atoms with E-state index in [0.717, 1.165) is 18.6 Å². The summed E-state index contributed by atoms with van der Waals surface area (Å²) < 4.78 is 5.98. The van der Waals surface area contributed by atoms with Crippen molar-refractivity contribution in [1.82, 2.24) is 0 Å². The van der Waals surface area contributed by atoms with Crippen molar-refractivity contribution in [3.8, 4) is 5.75 Å². The van der Waals surface area contributed by atoms with Crippen LogP contribution in [0.1, 0.15) is 24.5 Å². The first-order valence-corrected chi connectivity index (χ1v) is 5.06. The molecule has 1 aliphatic rings. The highest BCUT2D eigenvalue weighted by Crippen LogP contribution is 2.35. The molecule has 1 aromatic carbocycles. The summed E-state index contributed by atoms with van der Waals surface area (Å²) in [5, 5.41) is 0. The van der Waals surface area contributed by atoms with Gasteiger partial charge in [-0.2, -0.15) is 0 Å². The minimum Gasteiger partial charge on any atom is -0.483 e. The zero-order valence-corrected chi connectivity index (χ0v) is 8.84. The van der Waals surface area contributed by atoms with Gasteiger partial charge < -0.3 is 4.74 Å². The smallest absolute Gasteiger partial charge is 0.126 e. The maximum atomic E-state index is 5.98. The molecule has 0 saturated heterocycles. The molecule has 0 aliphatic carbocycles. The van der Waals surface area contributed by atoms with Crippen LogP contribution in [0.4, 0.5) is 0 Å². The van der Waals surface area contributed by atoms with Gasteiger partial charge in [-0.15, -0.1) is 0 Å². The lowest BCUT2D eigenvalue weighted by Crippen LogP contribution is -2.34. The van der Waals surface area contributed by atoms with Crippen molar-refractivity contribution in [2.24, 2.45) is 0 Å². The van der Waals surface area contributed by atoms with Gasteiger partial charge in [-0.3, -0.25) is 0 Å². The lowest BCUT2D eigenvalue weighted by atomic mass is 9.91. The van der Waals surface area contributed by atoms with Crippen LogP contribution in [0.15, 0.2) is 30.9 Å². The van der Waals surface area contributed by atoms with Crippen LogP contribution in [0.2, 0.25) is 0 Å². The molecule has 0 unspecified atom stereocenters. The van der Waals surface area contributed by atoms with Crippen LogP contribution in [0.5, 0.6) is 5.75 Å². The first-order chi connectivity index (χ1) is 6.64. The number of aryl methyl sites for hydroxylation is 2. The van der Waals surface area contributed by atoms with Gasteiger partial charge in [-0.05, 0) is 43.9 Å². The third kappa shape index (κ3) is 1.43. The molecule has 0 fully saturated rings. The first-order valence-electron chi connectivity index (χ1n) is 5.06. The summed E-state index contributed by atoms with van der Waals surface area (Å²) in [6.45, 7) is 8.02. The Labute approximate surface area is 85.4 Å². The molecule has 1 heterocycles. The summed E-state index contributed by atoms with van der Waals surface area (Å²) in [7, 11) is 0. The van der Waals surface area contributed by atoms with Gasteiger partial charge in [0, 0.05) is 0 Å². The average Bonchev–Trinajstić information content (AvgIpc) is 2.20. The van der Waals surface area contributed by atoms with E-state index in [0.29, 0.717) is 0 Å². The Morgan fingerprint density at radius 3 is 3.00 bits per heavy atom. The number of benzene rings is 1. The van der Waals surface area contributed by atoms with Crippen molar-refractivity contribution in [2.75, 3.05) is 0 Å². The van der Waals surface area contributed by atoms with Crippen molar-refractivity contribution in [3.63, 3.8) is 0 Å². The number of ether oxygens (including phenoxy) is 1. The van der Waals surface area contributed by atoms with Crippen molar-refractivity contribution in [1.29, 1.82) is 0 Å². The molecule has 0 N–H and O–H groups in total. The van der Waals surface area contributed by atoms with E-state index in [1.54, 1.807) is 0 Å². The second kappa shape index (κ2) is 3.16. The standard InChI is InChI=1S/C13H16O/c1-4-13(3)9-8-11-7-5-6-10(2)12(11)14-13/h4-7H,1,8-9H2,2-3H3/t13-/m1/s1. The molecule has 14 heavy (non-hydrogen) atoms. The lowest BCUT2D eigenvalue weighted by molar-refractivity contribution is 0.114. The van der Waals surface area contributed by atoms with Gasteiger partial charge >= 0.3 is 0 Å². The second-order valence-electron chi connectivity index (χ2n) is 4.18. The quantitative estimate of drug-likeness (QED) is 0.615. The van der Waals surface area contributed by atoms with Crippen LogP contribution >= 0.6 is 0 Å². The monoisotopic (exact) mass is 188 g/mol. The summed E-state index contributed by atoms with van der Waals surface area (Å²) in [6.07, 6.45) is 4.01. The number of fused-ring (bicyclic) bond motifs is 1. The summed E-state index contributed by atoms with van der Waals surface area (Å²) in [6, 6.07) is 6.33. The Hall–Kier alpha value is -1.24. The molecule has 0 bridgehead atoms. The van der Waals surface area contributed by atoms with Crippen molar-refractivity contribution in [3.05, 3.63) is 42.0 Å². The van der Waals surface area contributed by atoms with Gasteiger partial charge in [0.05, 0.1) is 0 Å². The zero-order valence-electron chi connectivity index (χ0n) is 8.84. The SMILES string of the molecule is C=C[C@]1(C)CCc2cccc(C)c2O1. The topological polar surface area (TPSA) is 9.23 Å². The number of rotatable bonds is 1. The summed E-state index contributed by atoms with van der Waals surface area (Å²) in [5.41, 5.74) is 2.36. The molecular formula is C13H16O.